The Morgan fingerprint density at radius 1 is 1.47 bits per heavy atom. The second-order valence-electron chi connectivity index (χ2n) is 4.93. The Morgan fingerprint density at radius 2 is 2.12 bits per heavy atom. The van der Waals surface area contributed by atoms with Crippen LogP contribution in [-0.4, -0.2) is 17.3 Å². The number of nitrogens with one attached hydrogen (secondary N) is 1. The van der Waals surface area contributed by atoms with Crippen molar-refractivity contribution in [3.8, 4) is 0 Å². The minimum atomic E-state index is -0.162. The third-order valence-corrected chi connectivity index (χ3v) is 5.25. The number of alkyl halides is 1. The van der Waals surface area contributed by atoms with Crippen molar-refractivity contribution in [3.05, 3.63) is 21.4 Å². The van der Waals surface area contributed by atoms with E-state index in [1.165, 1.54) is 10.4 Å². The van der Waals surface area contributed by atoms with Crippen LogP contribution in [0.5, 0.6) is 0 Å². The molecule has 1 fully saturated rings. The molecule has 2 nitrogen and oxygen atoms in total. The summed E-state index contributed by atoms with van der Waals surface area (Å²) < 4.78 is 0. The Labute approximate surface area is 111 Å². The number of carbonyl (C=O) groups excluding carboxylic acids is 1. The van der Waals surface area contributed by atoms with Crippen LogP contribution in [0, 0.1) is 13.8 Å². The average Bonchev–Trinajstić information content (AvgIpc) is 2.88. The molecule has 1 heterocycles. The zero-order chi connectivity index (χ0) is 12.5. The number of amides is 1. The first-order chi connectivity index (χ1) is 8.06. The molecule has 1 saturated carbocycles. The lowest BCUT2D eigenvalue weighted by Gasteiger charge is -2.27. The zero-order valence-electron chi connectivity index (χ0n) is 10.3. The molecule has 1 aromatic heterocycles. The van der Waals surface area contributed by atoms with Gasteiger partial charge in [-0.3, -0.25) is 4.79 Å². The van der Waals surface area contributed by atoms with Gasteiger partial charge in [0.1, 0.15) is 0 Å². The highest BCUT2D eigenvalue weighted by Crippen LogP contribution is 2.31. The van der Waals surface area contributed by atoms with Crippen LogP contribution in [0.25, 0.3) is 0 Å². The molecule has 0 radical (unpaired) electrons. The van der Waals surface area contributed by atoms with E-state index in [4.69, 9.17) is 11.6 Å². The van der Waals surface area contributed by atoms with E-state index in [0.717, 1.165) is 30.6 Å². The highest BCUT2D eigenvalue weighted by Gasteiger charge is 2.34. The van der Waals surface area contributed by atoms with Crippen molar-refractivity contribution in [1.29, 1.82) is 0 Å². The minimum Gasteiger partial charge on any atom is -0.345 e. The first-order valence-corrected chi connectivity index (χ1v) is 7.37. The maximum atomic E-state index is 12.2. The van der Waals surface area contributed by atoms with Crippen molar-refractivity contribution < 1.29 is 4.79 Å². The van der Waals surface area contributed by atoms with Gasteiger partial charge in [-0.05, 0) is 38.3 Å². The lowest BCUT2D eigenvalue weighted by atomic mass is 10.0. The SMILES string of the molecule is Cc1cc(C(=O)NC2(CCl)CCCC2)sc1C. The normalized spacial score (nSPS) is 18.3. The van der Waals surface area contributed by atoms with Crippen LogP contribution in [0.2, 0.25) is 0 Å². The van der Waals surface area contributed by atoms with Crippen LogP contribution in [0.4, 0.5) is 0 Å². The monoisotopic (exact) mass is 271 g/mol. The standard InChI is InChI=1S/C13H18ClNOS/c1-9-7-11(17-10(9)2)12(16)15-13(8-14)5-3-4-6-13/h7H,3-6,8H2,1-2H3,(H,15,16). The highest BCUT2D eigenvalue weighted by atomic mass is 35.5. The van der Waals surface area contributed by atoms with Crippen LogP contribution in [0.3, 0.4) is 0 Å². The third-order valence-electron chi connectivity index (χ3n) is 3.58. The molecule has 0 saturated heterocycles. The molecule has 0 unspecified atom stereocenters. The Kier molecular flexibility index (Phi) is 3.79. The topological polar surface area (TPSA) is 29.1 Å². The van der Waals surface area contributed by atoms with E-state index in [2.05, 4.69) is 5.32 Å². The predicted molar refractivity (Wildman–Crippen MR) is 73.2 cm³/mol. The summed E-state index contributed by atoms with van der Waals surface area (Å²) in [7, 11) is 0. The van der Waals surface area contributed by atoms with E-state index in [9.17, 15) is 4.79 Å². The number of aryl methyl sites for hydroxylation is 2. The molecule has 1 amide bonds. The quantitative estimate of drug-likeness (QED) is 0.836. The molecule has 0 bridgehead atoms. The maximum Gasteiger partial charge on any atom is 0.261 e. The van der Waals surface area contributed by atoms with Gasteiger partial charge in [0.05, 0.1) is 10.4 Å². The molecule has 4 heteroatoms. The molecular formula is C13H18ClNOS. The van der Waals surface area contributed by atoms with Gasteiger partial charge in [0.25, 0.3) is 5.91 Å². The molecule has 1 aromatic rings. The summed E-state index contributed by atoms with van der Waals surface area (Å²) >= 11 is 7.58. The van der Waals surface area contributed by atoms with Gasteiger partial charge in [-0.2, -0.15) is 0 Å². The summed E-state index contributed by atoms with van der Waals surface area (Å²) in [5.74, 6) is 0.552. The van der Waals surface area contributed by atoms with Crippen LogP contribution in [0.15, 0.2) is 6.07 Å². The van der Waals surface area contributed by atoms with Gasteiger partial charge < -0.3 is 5.32 Å². The summed E-state index contributed by atoms with van der Waals surface area (Å²) in [4.78, 5) is 14.2. The number of rotatable bonds is 3. The molecular weight excluding hydrogens is 254 g/mol. The van der Waals surface area contributed by atoms with Crippen LogP contribution < -0.4 is 5.32 Å². The van der Waals surface area contributed by atoms with Gasteiger partial charge in [-0.25, -0.2) is 0 Å². The highest BCUT2D eigenvalue weighted by molar-refractivity contribution is 7.14. The lowest BCUT2D eigenvalue weighted by molar-refractivity contribution is 0.0913. The number of carbonyl (C=O) groups is 1. The van der Waals surface area contributed by atoms with Crippen LogP contribution >= 0.6 is 22.9 Å². The summed E-state index contributed by atoms with van der Waals surface area (Å²) in [6, 6.07) is 1.96. The van der Waals surface area contributed by atoms with Crippen molar-refractivity contribution in [2.75, 3.05) is 5.88 Å². The molecule has 1 aliphatic carbocycles. The number of thiophene rings is 1. The Morgan fingerprint density at radius 3 is 2.59 bits per heavy atom. The molecule has 0 atom stereocenters. The zero-order valence-corrected chi connectivity index (χ0v) is 11.9. The fraction of sp³-hybridized carbons (Fsp3) is 0.615. The maximum absolute atomic E-state index is 12.2. The first kappa shape index (κ1) is 12.9. The Hall–Kier alpha value is -0.540. The van der Waals surface area contributed by atoms with E-state index in [-0.39, 0.29) is 11.4 Å². The summed E-state index contributed by atoms with van der Waals surface area (Å²) in [6.07, 6.45) is 4.34. The van der Waals surface area contributed by atoms with Gasteiger partial charge >= 0.3 is 0 Å². The number of halogens is 1. The van der Waals surface area contributed by atoms with Crippen molar-refractivity contribution in [2.24, 2.45) is 0 Å². The van der Waals surface area contributed by atoms with Crippen molar-refractivity contribution >= 4 is 28.8 Å². The molecule has 2 rings (SSSR count). The first-order valence-electron chi connectivity index (χ1n) is 6.02. The number of hydrogen-bond acceptors (Lipinski definition) is 2. The van der Waals surface area contributed by atoms with Gasteiger partial charge in [0.2, 0.25) is 0 Å². The van der Waals surface area contributed by atoms with E-state index < -0.39 is 0 Å². The summed E-state index contributed by atoms with van der Waals surface area (Å²) in [5.41, 5.74) is 1.02. The molecule has 1 aliphatic rings. The molecule has 0 aliphatic heterocycles. The molecule has 17 heavy (non-hydrogen) atoms. The largest absolute Gasteiger partial charge is 0.345 e. The fourth-order valence-corrected chi connectivity index (χ4v) is 3.59. The Balaban J connectivity index is 2.10. The summed E-state index contributed by atoms with van der Waals surface area (Å²) in [5, 5.41) is 3.14. The van der Waals surface area contributed by atoms with Crippen LogP contribution in [0.1, 0.15) is 45.8 Å². The van der Waals surface area contributed by atoms with E-state index in [1.807, 2.05) is 19.9 Å². The summed E-state index contributed by atoms with van der Waals surface area (Å²) in [6.45, 7) is 4.08. The second-order valence-corrected chi connectivity index (χ2v) is 6.45. The molecule has 1 N–H and O–H groups in total. The molecule has 94 valence electrons. The third kappa shape index (κ3) is 2.66. The lowest BCUT2D eigenvalue weighted by Crippen LogP contribution is -2.47. The minimum absolute atomic E-state index is 0.0359. The predicted octanol–water partition coefficient (Wildman–Crippen LogP) is 3.65. The van der Waals surface area contributed by atoms with Gasteiger partial charge in [-0.1, -0.05) is 12.8 Å². The average molecular weight is 272 g/mol. The fourth-order valence-electron chi connectivity index (χ4n) is 2.33. The van der Waals surface area contributed by atoms with E-state index >= 15 is 0 Å². The second kappa shape index (κ2) is 4.99. The molecule has 0 aromatic carbocycles. The van der Waals surface area contributed by atoms with Gasteiger partial charge in [-0.15, -0.1) is 22.9 Å². The van der Waals surface area contributed by atoms with E-state index in [0.29, 0.717) is 5.88 Å². The number of hydrogen-bond donors (Lipinski definition) is 1. The van der Waals surface area contributed by atoms with Crippen molar-refractivity contribution in [1.82, 2.24) is 5.32 Å². The Bertz CT molecular complexity index is 402. The molecule has 0 spiro atoms. The van der Waals surface area contributed by atoms with Crippen LogP contribution in [-0.2, 0) is 0 Å². The van der Waals surface area contributed by atoms with Gasteiger partial charge in [0.15, 0.2) is 0 Å². The van der Waals surface area contributed by atoms with Gasteiger partial charge in [0, 0.05) is 10.8 Å². The van der Waals surface area contributed by atoms with E-state index in [1.54, 1.807) is 11.3 Å². The smallest absolute Gasteiger partial charge is 0.261 e. The van der Waals surface area contributed by atoms with Crippen molar-refractivity contribution in [3.63, 3.8) is 0 Å². The van der Waals surface area contributed by atoms with Crippen molar-refractivity contribution in [2.45, 2.75) is 45.1 Å².